The second-order valence-corrected chi connectivity index (χ2v) is 3.41. The fraction of sp³-hybridized carbons (Fsp3) is 0.143. The van der Waals surface area contributed by atoms with Crippen molar-refractivity contribution in [1.29, 1.82) is 0 Å². The van der Waals surface area contributed by atoms with E-state index in [0.29, 0.717) is 20.8 Å². The Kier molecular flexibility index (Phi) is 3.78. The van der Waals surface area contributed by atoms with Crippen LogP contribution in [0.1, 0.15) is 0 Å². The summed E-state index contributed by atoms with van der Waals surface area (Å²) < 4.78 is 0. The minimum atomic E-state index is 0.407. The average Bonchev–Trinajstić information content (AvgIpc) is 2.02. The third-order valence-corrected chi connectivity index (χ3v) is 2.08. The zero-order valence-corrected chi connectivity index (χ0v) is 8.95. The molecular formula is C7H6Cl3N3. The molecule has 0 saturated heterocycles. The van der Waals surface area contributed by atoms with Crippen LogP contribution in [0.15, 0.2) is 22.5 Å². The fourth-order valence-electron chi connectivity index (χ4n) is 0.749. The number of nitrogens with zero attached hydrogens (tertiary/aromatic N) is 2. The standard InChI is InChI=1S/C7H6Cl3N3/c1-11-13-12-7-5(9)2-4(8)3-6(7)10/h2-3H,1H3,(H,11,12). The first-order valence-corrected chi connectivity index (χ1v) is 4.48. The van der Waals surface area contributed by atoms with E-state index in [2.05, 4.69) is 15.8 Å². The Bertz CT molecular complexity index is 315. The molecule has 0 aliphatic heterocycles. The monoisotopic (exact) mass is 237 g/mol. The second kappa shape index (κ2) is 4.65. The molecule has 0 aliphatic carbocycles. The van der Waals surface area contributed by atoms with Crippen molar-refractivity contribution in [2.45, 2.75) is 0 Å². The molecule has 0 bridgehead atoms. The summed E-state index contributed by atoms with van der Waals surface area (Å²) >= 11 is 17.4. The number of benzene rings is 1. The molecule has 0 aromatic heterocycles. The molecule has 0 saturated carbocycles. The van der Waals surface area contributed by atoms with Gasteiger partial charge in [0.1, 0.15) is 0 Å². The Hall–Kier alpha value is -0.510. The van der Waals surface area contributed by atoms with Crippen LogP contribution in [0, 0.1) is 0 Å². The zero-order valence-electron chi connectivity index (χ0n) is 6.68. The molecule has 1 rings (SSSR count). The van der Waals surface area contributed by atoms with Gasteiger partial charge in [-0.1, -0.05) is 40.0 Å². The van der Waals surface area contributed by atoms with Gasteiger partial charge in [0.15, 0.2) is 0 Å². The molecule has 0 amide bonds. The third-order valence-electron chi connectivity index (χ3n) is 1.27. The lowest BCUT2D eigenvalue weighted by atomic mass is 10.3. The van der Waals surface area contributed by atoms with Crippen LogP contribution in [0.3, 0.4) is 0 Å². The molecule has 0 heterocycles. The molecule has 0 radical (unpaired) electrons. The SMILES string of the molecule is CN=NNc1c(Cl)cc(Cl)cc1Cl. The normalized spacial score (nSPS) is 10.8. The van der Waals surface area contributed by atoms with Gasteiger partial charge in [0.25, 0.3) is 0 Å². The predicted octanol–water partition coefficient (Wildman–Crippen LogP) is 4.06. The highest BCUT2D eigenvalue weighted by Crippen LogP contribution is 2.33. The van der Waals surface area contributed by atoms with Gasteiger partial charge < -0.3 is 0 Å². The van der Waals surface area contributed by atoms with E-state index < -0.39 is 0 Å². The number of anilines is 1. The smallest absolute Gasteiger partial charge is 0.0952 e. The first-order valence-electron chi connectivity index (χ1n) is 3.34. The number of halogens is 3. The minimum absolute atomic E-state index is 0.407. The number of hydrogen-bond acceptors (Lipinski definition) is 2. The summed E-state index contributed by atoms with van der Waals surface area (Å²) in [6.45, 7) is 0. The van der Waals surface area contributed by atoms with Gasteiger partial charge in [-0.15, -0.1) is 0 Å². The molecule has 0 spiro atoms. The van der Waals surface area contributed by atoms with Crippen LogP contribution < -0.4 is 5.43 Å². The second-order valence-electron chi connectivity index (χ2n) is 2.16. The third kappa shape index (κ3) is 2.72. The molecule has 1 aromatic rings. The number of rotatable bonds is 2. The van der Waals surface area contributed by atoms with Gasteiger partial charge in [0, 0.05) is 5.02 Å². The van der Waals surface area contributed by atoms with Crippen molar-refractivity contribution in [2.24, 2.45) is 10.3 Å². The summed E-state index contributed by atoms with van der Waals surface area (Å²) in [4.78, 5) is 0. The van der Waals surface area contributed by atoms with Gasteiger partial charge in [-0.05, 0) is 12.1 Å². The number of nitrogens with one attached hydrogen (secondary N) is 1. The van der Waals surface area contributed by atoms with E-state index in [1.807, 2.05) is 0 Å². The van der Waals surface area contributed by atoms with Gasteiger partial charge >= 0.3 is 0 Å². The van der Waals surface area contributed by atoms with Crippen LogP contribution in [-0.2, 0) is 0 Å². The summed E-state index contributed by atoms with van der Waals surface area (Å²) in [5.74, 6) is 0. The van der Waals surface area contributed by atoms with Crippen LogP contribution in [0.5, 0.6) is 0 Å². The first-order chi connectivity index (χ1) is 6.15. The largest absolute Gasteiger partial charge is 0.257 e. The van der Waals surface area contributed by atoms with Crippen molar-refractivity contribution in [3.05, 3.63) is 27.2 Å². The molecule has 1 N–H and O–H groups in total. The maximum Gasteiger partial charge on any atom is 0.0952 e. The Morgan fingerprint density at radius 3 is 2.15 bits per heavy atom. The molecule has 0 unspecified atom stereocenters. The lowest BCUT2D eigenvalue weighted by Gasteiger charge is -2.04. The van der Waals surface area contributed by atoms with E-state index in [9.17, 15) is 0 Å². The van der Waals surface area contributed by atoms with Gasteiger partial charge in [0.2, 0.25) is 0 Å². The quantitative estimate of drug-likeness (QED) is 0.612. The van der Waals surface area contributed by atoms with Crippen LogP contribution in [0.2, 0.25) is 15.1 Å². The van der Waals surface area contributed by atoms with Crippen molar-refractivity contribution in [1.82, 2.24) is 0 Å². The van der Waals surface area contributed by atoms with Crippen LogP contribution >= 0.6 is 34.8 Å². The van der Waals surface area contributed by atoms with Gasteiger partial charge in [0.05, 0.1) is 22.8 Å². The fourth-order valence-corrected chi connectivity index (χ4v) is 1.65. The predicted molar refractivity (Wildman–Crippen MR) is 55.9 cm³/mol. The molecule has 13 heavy (non-hydrogen) atoms. The molecular weight excluding hydrogens is 232 g/mol. The maximum atomic E-state index is 5.84. The van der Waals surface area contributed by atoms with Crippen LogP contribution in [-0.4, -0.2) is 7.05 Å². The summed E-state index contributed by atoms with van der Waals surface area (Å²) in [6.07, 6.45) is 0. The van der Waals surface area contributed by atoms with E-state index in [1.54, 1.807) is 12.1 Å². The summed E-state index contributed by atoms with van der Waals surface area (Å²) in [7, 11) is 1.53. The Morgan fingerprint density at radius 2 is 1.69 bits per heavy atom. The van der Waals surface area contributed by atoms with Crippen molar-refractivity contribution in [2.75, 3.05) is 12.5 Å². The first kappa shape index (κ1) is 10.6. The summed E-state index contributed by atoms with van der Waals surface area (Å²) in [5, 5.41) is 8.35. The van der Waals surface area contributed by atoms with Gasteiger partial charge in [-0.2, -0.15) is 5.11 Å². The van der Waals surface area contributed by atoms with Crippen LogP contribution in [0.25, 0.3) is 0 Å². The highest BCUT2D eigenvalue weighted by molar-refractivity contribution is 6.41. The topological polar surface area (TPSA) is 36.8 Å². The lowest BCUT2D eigenvalue weighted by molar-refractivity contribution is 1.08. The summed E-state index contributed by atoms with van der Waals surface area (Å²) in [5.41, 5.74) is 3.09. The van der Waals surface area contributed by atoms with Gasteiger partial charge in [-0.3, -0.25) is 5.43 Å². The Morgan fingerprint density at radius 1 is 1.15 bits per heavy atom. The maximum absolute atomic E-state index is 5.84. The molecule has 1 aromatic carbocycles. The lowest BCUT2D eigenvalue weighted by Crippen LogP contribution is -1.89. The zero-order chi connectivity index (χ0) is 9.84. The van der Waals surface area contributed by atoms with E-state index in [0.717, 1.165) is 0 Å². The molecule has 70 valence electrons. The van der Waals surface area contributed by atoms with Crippen molar-refractivity contribution in [3.8, 4) is 0 Å². The molecule has 3 nitrogen and oxygen atoms in total. The highest BCUT2D eigenvalue weighted by atomic mass is 35.5. The van der Waals surface area contributed by atoms with Crippen LogP contribution in [0.4, 0.5) is 5.69 Å². The Labute approximate surface area is 90.7 Å². The van der Waals surface area contributed by atoms with E-state index in [1.165, 1.54) is 7.05 Å². The van der Waals surface area contributed by atoms with E-state index >= 15 is 0 Å². The minimum Gasteiger partial charge on any atom is -0.257 e. The van der Waals surface area contributed by atoms with Crippen molar-refractivity contribution >= 4 is 40.5 Å². The molecule has 0 atom stereocenters. The van der Waals surface area contributed by atoms with E-state index in [-0.39, 0.29) is 0 Å². The highest BCUT2D eigenvalue weighted by Gasteiger charge is 2.06. The Balaban J connectivity index is 3.05. The number of hydrogen-bond donors (Lipinski definition) is 1. The van der Waals surface area contributed by atoms with Crippen molar-refractivity contribution < 1.29 is 0 Å². The molecule has 0 fully saturated rings. The molecule has 0 aliphatic rings. The molecule has 6 heteroatoms. The van der Waals surface area contributed by atoms with Crippen molar-refractivity contribution in [3.63, 3.8) is 0 Å². The van der Waals surface area contributed by atoms with Gasteiger partial charge in [-0.25, -0.2) is 0 Å². The average molecular weight is 239 g/mol. The summed E-state index contributed by atoms with van der Waals surface area (Å²) in [6, 6.07) is 3.14. The van der Waals surface area contributed by atoms with E-state index in [4.69, 9.17) is 34.8 Å².